The molecule has 0 radical (unpaired) electrons. The molecule has 2 N–H and O–H groups in total. The maximum Gasteiger partial charge on any atom is 0.342 e. The lowest BCUT2D eigenvalue weighted by Gasteiger charge is -2.07. The van der Waals surface area contributed by atoms with E-state index in [1.807, 2.05) is 0 Å². The maximum atomic E-state index is 11.4. The fourth-order valence-corrected chi connectivity index (χ4v) is 0.917. The summed E-state index contributed by atoms with van der Waals surface area (Å²) in [4.78, 5) is 26.2. The number of nitrogens with zero attached hydrogens (tertiary/aromatic N) is 1. The van der Waals surface area contributed by atoms with Crippen molar-refractivity contribution in [2.45, 2.75) is 13.8 Å². The van der Waals surface area contributed by atoms with E-state index in [0.717, 1.165) is 0 Å². The molecule has 92 valence electrons. The Morgan fingerprint density at radius 3 is 2.59 bits per heavy atom. The molecule has 0 aliphatic rings. The van der Waals surface area contributed by atoms with Gasteiger partial charge in [0.2, 0.25) is 6.79 Å². The summed E-state index contributed by atoms with van der Waals surface area (Å²) in [5, 5.41) is 0. The van der Waals surface area contributed by atoms with E-state index in [1.165, 1.54) is 18.3 Å². The number of nitrogen functional groups attached to an aromatic ring is 1. The summed E-state index contributed by atoms with van der Waals surface area (Å²) in [5.41, 5.74) is 5.62. The summed E-state index contributed by atoms with van der Waals surface area (Å²) < 4.78 is 9.42. The average Bonchev–Trinajstić information content (AvgIpc) is 2.29. The first kappa shape index (κ1) is 13.0. The van der Waals surface area contributed by atoms with Crippen LogP contribution in [0.1, 0.15) is 24.2 Å². The van der Waals surface area contributed by atoms with Gasteiger partial charge < -0.3 is 15.2 Å². The molecule has 0 bridgehead atoms. The summed E-state index contributed by atoms with van der Waals surface area (Å²) in [6, 6.07) is 2.96. The second kappa shape index (κ2) is 5.83. The Balaban J connectivity index is 2.40. The van der Waals surface area contributed by atoms with Crippen LogP contribution in [0, 0.1) is 5.92 Å². The Hall–Kier alpha value is -2.11. The third-order valence-electron chi connectivity index (χ3n) is 1.88. The van der Waals surface area contributed by atoms with Gasteiger partial charge in [-0.2, -0.15) is 0 Å². The number of ether oxygens (including phenoxy) is 2. The minimum absolute atomic E-state index is 0.250. The second-order valence-corrected chi connectivity index (χ2v) is 3.64. The van der Waals surface area contributed by atoms with E-state index in [2.05, 4.69) is 4.98 Å². The molecule has 1 aromatic rings. The summed E-state index contributed by atoms with van der Waals surface area (Å²) in [6.07, 6.45) is 1.29. The zero-order valence-corrected chi connectivity index (χ0v) is 9.67. The highest BCUT2D eigenvalue weighted by Gasteiger charge is 2.11. The molecule has 0 saturated carbocycles. The smallest absolute Gasteiger partial charge is 0.342 e. The van der Waals surface area contributed by atoms with Crippen LogP contribution in [0.15, 0.2) is 18.3 Å². The van der Waals surface area contributed by atoms with Crippen molar-refractivity contribution < 1.29 is 19.1 Å². The zero-order valence-electron chi connectivity index (χ0n) is 9.67. The highest BCUT2D eigenvalue weighted by Crippen LogP contribution is 2.03. The van der Waals surface area contributed by atoms with Gasteiger partial charge in [-0.1, -0.05) is 13.8 Å². The highest BCUT2D eigenvalue weighted by atomic mass is 16.7. The Labute approximate surface area is 98.7 Å². The van der Waals surface area contributed by atoms with Gasteiger partial charge >= 0.3 is 11.9 Å². The van der Waals surface area contributed by atoms with Crippen LogP contribution in [0.3, 0.4) is 0 Å². The number of pyridine rings is 1. The van der Waals surface area contributed by atoms with Crippen LogP contribution in [-0.4, -0.2) is 23.7 Å². The van der Waals surface area contributed by atoms with Gasteiger partial charge in [0.05, 0.1) is 11.5 Å². The van der Waals surface area contributed by atoms with Crippen molar-refractivity contribution in [1.82, 2.24) is 4.98 Å². The molecule has 0 unspecified atom stereocenters. The Kier molecular flexibility index (Phi) is 4.45. The summed E-state index contributed by atoms with van der Waals surface area (Å²) in [7, 11) is 0. The molecule has 0 atom stereocenters. The number of hydrogen-bond donors (Lipinski definition) is 1. The van der Waals surface area contributed by atoms with E-state index < -0.39 is 18.7 Å². The lowest BCUT2D eigenvalue weighted by molar-refractivity contribution is -0.155. The molecule has 0 aliphatic heterocycles. The van der Waals surface area contributed by atoms with Gasteiger partial charge in [0.1, 0.15) is 5.82 Å². The van der Waals surface area contributed by atoms with E-state index in [0.29, 0.717) is 5.82 Å². The topological polar surface area (TPSA) is 91.5 Å². The Morgan fingerprint density at radius 1 is 1.35 bits per heavy atom. The standard InChI is InChI=1S/C11H14N2O4/c1-7(2)10(14)16-6-17-11(15)8-3-4-9(12)13-5-8/h3-5,7H,6H2,1-2H3,(H2,12,13). The number of anilines is 1. The normalized spacial score (nSPS) is 10.1. The van der Waals surface area contributed by atoms with Crippen molar-refractivity contribution in [3.8, 4) is 0 Å². The van der Waals surface area contributed by atoms with Crippen LogP contribution in [0.2, 0.25) is 0 Å². The van der Waals surface area contributed by atoms with E-state index in [4.69, 9.17) is 15.2 Å². The van der Waals surface area contributed by atoms with Crippen LogP contribution in [0.4, 0.5) is 5.82 Å². The quantitative estimate of drug-likeness (QED) is 0.621. The molecule has 1 aromatic heterocycles. The molecule has 6 nitrogen and oxygen atoms in total. The van der Waals surface area contributed by atoms with E-state index in [9.17, 15) is 9.59 Å². The third-order valence-corrected chi connectivity index (χ3v) is 1.88. The number of carbonyl (C=O) groups excluding carboxylic acids is 2. The van der Waals surface area contributed by atoms with Gasteiger partial charge in [-0.05, 0) is 12.1 Å². The van der Waals surface area contributed by atoms with Crippen molar-refractivity contribution in [2.24, 2.45) is 5.92 Å². The van der Waals surface area contributed by atoms with Crippen molar-refractivity contribution in [1.29, 1.82) is 0 Å². The average molecular weight is 238 g/mol. The van der Waals surface area contributed by atoms with E-state index in [-0.39, 0.29) is 11.5 Å². The van der Waals surface area contributed by atoms with Gasteiger partial charge in [-0.3, -0.25) is 4.79 Å². The first-order valence-electron chi connectivity index (χ1n) is 5.06. The molecule has 0 spiro atoms. The van der Waals surface area contributed by atoms with E-state index in [1.54, 1.807) is 13.8 Å². The van der Waals surface area contributed by atoms with Gasteiger partial charge in [-0.25, -0.2) is 9.78 Å². The first-order chi connectivity index (χ1) is 8.00. The summed E-state index contributed by atoms with van der Waals surface area (Å²) in [5.74, 6) is -0.984. The lowest BCUT2D eigenvalue weighted by atomic mass is 10.2. The first-order valence-corrected chi connectivity index (χ1v) is 5.06. The van der Waals surface area contributed by atoms with Gasteiger partial charge in [0.25, 0.3) is 0 Å². The van der Waals surface area contributed by atoms with Crippen molar-refractivity contribution in [2.75, 3.05) is 12.5 Å². The SMILES string of the molecule is CC(C)C(=O)OCOC(=O)c1ccc(N)nc1. The molecule has 17 heavy (non-hydrogen) atoms. The molecule has 0 aliphatic carbocycles. The van der Waals surface area contributed by atoms with Gasteiger partial charge in [-0.15, -0.1) is 0 Å². The van der Waals surface area contributed by atoms with Crippen molar-refractivity contribution in [3.05, 3.63) is 23.9 Å². The predicted molar refractivity (Wildman–Crippen MR) is 59.9 cm³/mol. The maximum absolute atomic E-state index is 11.4. The number of esters is 2. The highest BCUT2D eigenvalue weighted by molar-refractivity contribution is 5.89. The van der Waals surface area contributed by atoms with Crippen LogP contribution in [0.25, 0.3) is 0 Å². The fourth-order valence-electron chi connectivity index (χ4n) is 0.917. The van der Waals surface area contributed by atoms with Crippen LogP contribution in [0.5, 0.6) is 0 Å². The molecular formula is C11H14N2O4. The van der Waals surface area contributed by atoms with Crippen LogP contribution in [-0.2, 0) is 14.3 Å². The van der Waals surface area contributed by atoms with E-state index >= 15 is 0 Å². The van der Waals surface area contributed by atoms with Crippen LogP contribution >= 0.6 is 0 Å². The number of aromatic nitrogens is 1. The largest absolute Gasteiger partial charge is 0.428 e. The van der Waals surface area contributed by atoms with Crippen molar-refractivity contribution >= 4 is 17.8 Å². The number of rotatable bonds is 4. The number of carbonyl (C=O) groups is 2. The minimum Gasteiger partial charge on any atom is -0.428 e. The van der Waals surface area contributed by atoms with Crippen LogP contribution < -0.4 is 5.73 Å². The molecule has 0 saturated heterocycles. The number of hydrogen-bond acceptors (Lipinski definition) is 6. The molecule has 1 heterocycles. The molecule has 0 aromatic carbocycles. The molecule has 1 rings (SSSR count). The minimum atomic E-state index is -0.617. The lowest BCUT2D eigenvalue weighted by Crippen LogP contribution is -2.16. The molecule has 0 amide bonds. The fraction of sp³-hybridized carbons (Fsp3) is 0.364. The van der Waals surface area contributed by atoms with Gasteiger partial charge in [0, 0.05) is 6.20 Å². The Morgan fingerprint density at radius 2 is 2.06 bits per heavy atom. The molecule has 6 heteroatoms. The molecular weight excluding hydrogens is 224 g/mol. The molecule has 0 fully saturated rings. The Bertz CT molecular complexity index is 400. The van der Waals surface area contributed by atoms with Gasteiger partial charge in [0.15, 0.2) is 0 Å². The second-order valence-electron chi connectivity index (χ2n) is 3.64. The number of nitrogens with two attached hydrogens (primary N) is 1. The van der Waals surface area contributed by atoms with Crippen molar-refractivity contribution in [3.63, 3.8) is 0 Å². The predicted octanol–water partition coefficient (Wildman–Crippen LogP) is 0.977. The third kappa shape index (κ3) is 4.10. The summed E-state index contributed by atoms with van der Waals surface area (Å²) >= 11 is 0. The zero-order chi connectivity index (χ0) is 12.8. The summed E-state index contributed by atoms with van der Waals surface area (Å²) in [6.45, 7) is 2.97. The monoisotopic (exact) mass is 238 g/mol.